The maximum atomic E-state index is 12.5. The lowest BCUT2D eigenvalue weighted by Crippen LogP contribution is -2.34. The number of hydrogen-bond donors (Lipinski definition) is 3. The Labute approximate surface area is 183 Å². The van der Waals surface area contributed by atoms with Crippen LogP contribution < -0.4 is 20.7 Å². The molecule has 0 atom stereocenters. The van der Waals surface area contributed by atoms with Crippen LogP contribution in [-0.2, 0) is 4.74 Å². The topological polar surface area (TPSA) is 88.7 Å². The fourth-order valence-electron chi connectivity index (χ4n) is 2.45. The van der Waals surface area contributed by atoms with E-state index in [1.54, 1.807) is 49.6 Å². The fraction of sp³-hybridized carbons (Fsp3) is 0.250. The number of benzene rings is 2. The van der Waals surface area contributed by atoms with Crippen molar-refractivity contribution in [2.75, 3.05) is 32.7 Å². The number of methoxy groups -OCH3 is 2. The van der Waals surface area contributed by atoms with E-state index in [2.05, 4.69) is 31.9 Å². The van der Waals surface area contributed by atoms with E-state index in [-0.39, 0.29) is 11.0 Å². The van der Waals surface area contributed by atoms with Crippen molar-refractivity contribution in [3.63, 3.8) is 0 Å². The van der Waals surface area contributed by atoms with Gasteiger partial charge >= 0.3 is 0 Å². The van der Waals surface area contributed by atoms with Crippen molar-refractivity contribution in [2.24, 2.45) is 0 Å². The third-order valence-electron chi connectivity index (χ3n) is 3.83. The number of carbonyl (C=O) groups is 2. The standard InChI is InChI=1S/C20H22BrN3O4S/c1-27-10-4-9-22-18(25)13-5-3-6-15(11-13)23-20(29)24-19(26)16-12-14(21)7-8-17(16)28-2/h3,5-8,11-12H,4,9-10H2,1-2H3,(H,22,25)(H2,23,24,26,29). The van der Waals surface area contributed by atoms with Crippen LogP contribution in [0.2, 0.25) is 0 Å². The van der Waals surface area contributed by atoms with E-state index < -0.39 is 5.91 Å². The Morgan fingerprint density at radius 2 is 1.90 bits per heavy atom. The lowest BCUT2D eigenvalue weighted by atomic mass is 10.2. The molecular formula is C20H22BrN3O4S. The van der Waals surface area contributed by atoms with Crippen molar-refractivity contribution in [1.82, 2.24) is 10.6 Å². The molecule has 0 saturated carbocycles. The highest BCUT2D eigenvalue weighted by Gasteiger charge is 2.14. The Morgan fingerprint density at radius 3 is 2.62 bits per heavy atom. The summed E-state index contributed by atoms with van der Waals surface area (Å²) in [7, 11) is 3.10. The molecule has 3 N–H and O–H groups in total. The maximum Gasteiger partial charge on any atom is 0.261 e. The van der Waals surface area contributed by atoms with Crippen LogP contribution in [0.3, 0.4) is 0 Å². The van der Waals surface area contributed by atoms with Gasteiger partial charge < -0.3 is 20.1 Å². The zero-order chi connectivity index (χ0) is 21.2. The summed E-state index contributed by atoms with van der Waals surface area (Å²) in [6.45, 7) is 1.10. The highest BCUT2D eigenvalue weighted by atomic mass is 79.9. The lowest BCUT2D eigenvalue weighted by Gasteiger charge is -2.13. The average molecular weight is 480 g/mol. The molecule has 0 spiro atoms. The summed E-state index contributed by atoms with van der Waals surface area (Å²) in [5, 5.41) is 8.45. The van der Waals surface area contributed by atoms with Gasteiger partial charge in [0.05, 0.1) is 12.7 Å². The number of anilines is 1. The number of amides is 2. The summed E-state index contributed by atoms with van der Waals surface area (Å²) in [6.07, 6.45) is 0.732. The van der Waals surface area contributed by atoms with E-state index in [0.29, 0.717) is 35.7 Å². The highest BCUT2D eigenvalue weighted by molar-refractivity contribution is 9.10. The van der Waals surface area contributed by atoms with Crippen molar-refractivity contribution in [2.45, 2.75) is 6.42 Å². The van der Waals surface area contributed by atoms with Gasteiger partial charge in [-0.2, -0.15) is 0 Å². The van der Waals surface area contributed by atoms with Gasteiger partial charge in [-0.25, -0.2) is 0 Å². The normalized spacial score (nSPS) is 10.2. The zero-order valence-corrected chi connectivity index (χ0v) is 18.5. The van der Waals surface area contributed by atoms with Gasteiger partial charge in [-0.3, -0.25) is 14.9 Å². The highest BCUT2D eigenvalue weighted by Crippen LogP contribution is 2.22. The zero-order valence-electron chi connectivity index (χ0n) is 16.1. The Bertz CT molecular complexity index is 892. The minimum absolute atomic E-state index is 0.106. The maximum absolute atomic E-state index is 12.5. The molecule has 2 rings (SSSR count). The van der Waals surface area contributed by atoms with Crippen LogP contribution in [0.4, 0.5) is 5.69 Å². The van der Waals surface area contributed by atoms with Gasteiger partial charge in [0.25, 0.3) is 11.8 Å². The smallest absolute Gasteiger partial charge is 0.261 e. The van der Waals surface area contributed by atoms with Crippen molar-refractivity contribution in [1.29, 1.82) is 0 Å². The Kier molecular flexibility index (Phi) is 9.04. The number of halogens is 1. The van der Waals surface area contributed by atoms with Crippen LogP contribution in [0.1, 0.15) is 27.1 Å². The van der Waals surface area contributed by atoms with Gasteiger partial charge in [-0.05, 0) is 55.0 Å². The number of ether oxygens (including phenoxy) is 2. The SMILES string of the molecule is COCCCNC(=O)c1cccc(NC(=S)NC(=O)c2cc(Br)ccc2OC)c1. The molecule has 2 aromatic rings. The quantitative estimate of drug-likeness (QED) is 0.397. The van der Waals surface area contributed by atoms with Crippen LogP contribution in [0, 0.1) is 0 Å². The van der Waals surface area contributed by atoms with Gasteiger partial charge in [-0.1, -0.05) is 22.0 Å². The van der Waals surface area contributed by atoms with Crippen molar-refractivity contribution in [3.8, 4) is 5.75 Å². The molecule has 2 amide bonds. The second kappa shape index (κ2) is 11.5. The Hall–Kier alpha value is -2.49. The first-order chi connectivity index (χ1) is 13.9. The largest absolute Gasteiger partial charge is 0.496 e. The molecule has 0 unspecified atom stereocenters. The number of hydrogen-bond acceptors (Lipinski definition) is 5. The van der Waals surface area contributed by atoms with Gasteiger partial charge in [0.2, 0.25) is 0 Å². The minimum atomic E-state index is -0.410. The number of thiocarbonyl (C=S) groups is 1. The molecule has 154 valence electrons. The molecule has 0 aliphatic rings. The Morgan fingerprint density at radius 1 is 1.10 bits per heavy atom. The summed E-state index contributed by atoms with van der Waals surface area (Å²) < 4.78 is 10.9. The molecule has 9 heteroatoms. The van der Waals surface area contributed by atoms with Crippen molar-refractivity contribution < 1.29 is 19.1 Å². The van der Waals surface area contributed by atoms with Crippen molar-refractivity contribution >= 4 is 50.8 Å². The number of nitrogens with one attached hydrogen (secondary N) is 3. The molecule has 0 radical (unpaired) electrons. The van der Waals surface area contributed by atoms with E-state index in [0.717, 1.165) is 10.9 Å². The Balaban J connectivity index is 1.98. The first-order valence-electron chi connectivity index (χ1n) is 8.77. The van der Waals surface area contributed by atoms with Crippen LogP contribution in [0.15, 0.2) is 46.9 Å². The van der Waals surface area contributed by atoms with Gasteiger partial charge in [0.15, 0.2) is 5.11 Å². The number of rotatable bonds is 8. The van der Waals surface area contributed by atoms with Gasteiger partial charge in [-0.15, -0.1) is 0 Å². The molecule has 0 aliphatic carbocycles. The van der Waals surface area contributed by atoms with Gasteiger partial charge in [0.1, 0.15) is 5.75 Å². The molecule has 7 nitrogen and oxygen atoms in total. The summed E-state index contributed by atoms with van der Waals surface area (Å²) >= 11 is 8.56. The average Bonchev–Trinajstić information content (AvgIpc) is 2.71. The van der Waals surface area contributed by atoms with E-state index in [4.69, 9.17) is 21.7 Å². The third kappa shape index (κ3) is 7.12. The monoisotopic (exact) mass is 479 g/mol. The number of carbonyl (C=O) groups excluding carboxylic acids is 2. The summed E-state index contributed by atoms with van der Waals surface area (Å²) in [5.74, 6) is -0.174. The second-order valence-electron chi connectivity index (χ2n) is 5.94. The van der Waals surface area contributed by atoms with Crippen LogP contribution in [0.5, 0.6) is 5.75 Å². The van der Waals surface area contributed by atoms with E-state index >= 15 is 0 Å². The molecule has 0 aromatic heterocycles. The lowest BCUT2D eigenvalue weighted by molar-refractivity contribution is 0.0946. The predicted molar refractivity (Wildman–Crippen MR) is 120 cm³/mol. The first kappa shape index (κ1) is 22.8. The fourth-order valence-corrected chi connectivity index (χ4v) is 3.02. The molecular weight excluding hydrogens is 458 g/mol. The van der Waals surface area contributed by atoms with Crippen molar-refractivity contribution in [3.05, 3.63) is 58.1 Å². The van der Waals surface area contributed by atoms with Crippen LogP contribution >= 0.6 is 28.1 Å². The van der Waals surface area contributed by atoms with E-state index in [1.165, 1.54) is 7.11 Å². The van der Waals surface area contributed by atoms with E-state index in [9.17, 15) is 9.59 Å². The van der Waals surface area contributed by atoms with E-state index in [1.807, 2.05) is 0 Å². The van der Waals surface area contributed by atoms with Crippen LogP contribution in [0.25, 0.3) is 0 Å². The first-order valence-corrected chi connectivity index (χ1v) is 9.97. The molecule has 2 aromatic carbocycles. The van der Waals surface area contributed by atoms with Crippen LogP contribution in [-0.4, -0.2) is 44.3 Å². The third-order valence-corrected chi connectivity index (χ3v) is 4.52. The molecule has 29 heavy (non-hydrogen) atoms. The molecule has 0 aliphatic heterocycles. The van der Waals surface area contributed by atoms with Gasteiger partial charge in [0, 0.05) is 36.0 Å². The molecule has 0 heterocycles. The predicted octanol–water partition coefficient (Wildman–Crippen LogP) is 3.35. The second-order valence-corrected chi connectivity index (χ2v) is 7.26. The summed E-state index contributed by atoms with van der Waals surface area (Å²) in [5.41, 5.74) is 1.41. The summed E-state index contributed by atoms with van der Waals surface area (Å²) in [6, 6.07) is 11.9. The minimum Gasteiger partial charge on any atom is -0.496 e. The summed E-state index contributed by atoms with van der Waals surface area (Å²) in [4.78, 5) is 24.7. The molecule has 0 bridgehead atoms. The molecule has 0 fully saturated rings. The molecule has 0 saturated heterocycles.